The fourth-order valence-electron chi connectivity index (χ4n) is 6.17. The lowest BCUT2D eigenvalue weighted by Crippen LogP contribution is -2.29. The van der Waals surface area contributed by atoms with E-state index in [0.29, 0.717) is 6.61 Å². The van der Waals surface area contributed by atoms with Gasteiger partial charge >= 0.3 is 13.8 Å². The van der Waals surface area contributed by atoms with Crippen molar-refractivity contribution < 1.29 is 43.0 Å². The second-order valence-corrected chi connectivity index (χ2v) is 16.5. The maximum Gasteiger partial charge on any atom is 0.472 e. The van der Waals surface area contributed by atoms with Crippen LogP contribution >= 0.6 is 7.82 Å². The van der Waals surface area contributed by atoms with Crippen LogP contribution in [0.2, 0.25) is 0 Å². The summed E-state index contributed by atoms with van der Waals surface area (Å²) < 4.78 is 33.4. The zero-order valence-corrected chi connectivity index (χ0v) is 35.8. The molecule has 0 aromatic rings. The summed E-state index contributed by atoms with van der Waals surface area (Å²) >= 11 is 0. The quantitative estimate of drug-likeness (QED) is 0.0239. The predicted molar refractivity (Wildman–Crippen MR) is 224 cm³/mol. The molecular formula is C44H85O9P. The van der Waals surface area contributed by atoms with Gasteiger partial charge in [0.05, 0.1) is 26.4 Å². The third kappa shape index (κ3) is 40.6. The van der Waals surface area contributed by atoms with Gasteiger partial charge in [0.15, 0.2) is 0 Å². The fraction of sp³-hybridized carbons (Fsp3) is 0.886. The van der Waals surface area contributed by atoms with Gasteiger partial charge in [-0.25, -0.2) is 4.57 Å². The Kier molecular flexibility index (Phi) is 40.8. The molecule has 320 valence electrons. The van der Waals surface area contributed by atoms with Crippen molar-refractivity contribution in [2.75, 3.05) is 33.0 Å². The number of carbonyl (C=O) groups is 1. The number of ether oxygens (including phenoxy) is 2. The van der Waals surface area contributed by atoms with Gasteiger partial charge in [-0.2, -0.15) is 0 Å². The Balaban J connectivity index is 4.13. The molecule has 0 amide bonds. The van der Waals surface area contributed by atoms with Crippen molar-refractivity contribution in [1.29, 1.82) is 0 Å². The highest BCUT2D eigenvalue weighted by molar-refractivity contribution is 7.47. The van der Waals surface area contributed by atoms with E-state index >= 15 is 0 Å². The van der Waals surface area contributed by atoms with Crippen LogP contribution in [0, 0.1) is 0 Å². The van der Waals surface area contributed by atoms with Crippen LogP contribution in [0.15, 0.2) is 24.3 Å². The normalized spacial score (nSPS) is 14.2. The second kappa shape index (κ2) is 41.6. The van der Waals surface area contributed by atoms with Crippen LogP contribution < -0.4 is 0 Å². The molecular weight excluding hydrogens is 703 g/mol. The Hall–Kier alpha value is -1.06. The minimum Gasteiger partial charge on any atom is -0.457 e. The number of carbonyl (C=O) groups excluding carboxylic acids is 1. The summed E-state index contributed by atoms with van der Waals surface area (Å²) in [6, 6.07) is 0. The fourth-order valence-corrected chi connectivity index (χ4v) is 6.96. The molecule has 9 nitrogen and oxygen atoms in total. The molecule has 0 rings (SSSR count). The Morgan fingerprint density at radius 3 is 1.41 bits per heavy atom. The van der Waals surface area contributed by atoms with Crippen LogP contribution in [0.5, 0.6) is 0 Å². The number of aliphatic hydroxyl groups excluding tert-OH is 2. The van der Waals surface area contributed by atoms with Gasteiger partial charge in [0.2, 0.25) is 0 Å². The van der Waals surface area contributed by atoms with Gasteiger partial charge < -0.3 is 24.6 Å². The van der Waals surface area contributed by atoms with Crippen LogP contribution in [-0.2, 0) is 27.9 Å². The van der Waals surface area contributed by atoms with E-state index in [2.05, 4.69) is 38.2 Å². The molecule has 3 atom stereocenters. The summed E-state index contributed by atoms with van der Waals surface area (Å²) in [5.41, 5.74) is 0. The van der Waals surface area contributed by atoms with Crippen molar-refractivity contribution in [1.82, 2.24) is 0 Å². The first-order valence-corrected chi connectivity index (χ1v) is 23.8. The number of aliphatic hydroxyl groups is 2. The van der Waals surface area contributed by atoms with E-state index in [9.17, 15) is 19.4 Å². The Morgan fingerprint density at radius 1 is 0.556 bits per heavy atom. The molecule has 10 heteroatoms. The van der Waals surface area contributed by atoms with Gasteiger partial charge in [-0.05, 0) is 64.2 Å². The van der Waals surface area contributed by atoms with Gasteiger partial charge in [0.25, 0.3) is 0 Å². The average Bonchev–Trinajstić information content (AvgIpc) is 3.16. The Labute approximate surface area is 332 Å². The molecule has 0 heterocycles. The first kappa shape index (κ1) is 52.9. The van der Waals surface area contributed by atoms with Crippen LogP contribution in [-0.4, -0.2) is 66.3 Å². The summed E-state index contributed by atoms with van der Waals surface area (Å²) in [6.07, 6.45) is 42.7. The number of hydrogen-bond donors (Lipinski definition) is 3. The molecule has 0 saturated carbocycles. The molecule has 3 N–H and O–H groups in total. The molecule has 54 heavy (non-hydrogen) atoms. The summed E-state index contributed by atoms with van der Waals surface area (Å²) in [5.74, 6) is -0.385. The van der Waals surface area contributed by atoms with Crippen LogP contribution in [0.25, 0.3) is 0 Å². The van der Waals surface area contributed by atoms with Gasteiger partial charge in [-0.1, -0.05) is 160 Å². The smallest absolute Gasteiger partial charge is 0.457 e. The highest BCUT2D eigenvalue weighted by Gasteiger charge is 2.26. The molecule has 0 aliphatic carbocycles. The highest BCUT2D eigenvalue weighted by atomic mass is 31.2. The first-order valence-electron chi connectivity index (χ1n) is 22.3. The van der Waals surface area contributed by atoms with Crippen molar-refractivity contribution >= 4 is 13.8 Å². The van der Waals surface area contributed by atoms with Crippen molar-refractivity contribution in [2.45, 2.75) is 219 Å². The number of phosphoric acid groups is 1. The van der Waals surface area contributed by atoms with Crippen molar-refractivity contribution in [2.24, 2.45) is 0 Å². The molecule has 0 fully saturated rings. The molecule has 0 aliphatic rings. The van der Waals surface area contributed by atoms with Gasteiger partial charge in [-0.3, -0.25) is 13.8 Å². The first-order chi connectivity index (χ1) is 26.3. The molecule has 0 saturated heterocycles. The number of hydrogen-bond acceptors (Lipinski definition) is 8. The van der Waals surface area contributed by atoms with E-state index < -0.39 is 33.2 Å². The number of unbranched alkanes of at least 4 members (excludes halogenated alkanes) is 25. The van der Waals surface area contributed by atoms with Crippen molar-refractivity contribution in [3.05, 3.63) is 24.3 Å². The summed E-state index contributed by atoms with van der Waals surface area (Å²) in [5, 5.41) is 18.3. The van der Waals surface area contributed by atoms with Crippen molar-refractivity contribution in [3.63, 3.8) is 0 Å². The minimum atomic E-state index is -4.52. The molecule has 3 unspecified atom stereocenters. The standard InChI is InChI=1S/C44H85O9P/c1-3-5-7-9-11-13-15-17-19-20-21-22-23-24-26-28-30-32-34-36-44(47)53-43(41-52-54(48,49)51-39-42(46)38-45)40-50-37-35-33-31-29-27-25-18-16-14-12-10-8-6-4-2/h14,16-17,19,42-43,45-46H,3-13,15,18,20-41H2,1-2H3,(H,48,49)/b16-14-,19-17-. The van der Waals surface area contributed by atoms with Crippen molar-refractivity contribution in [3.8, 4) is 0 Å². The number of rotatable bonds is 43. The SMILES string of the molecule is CCCCCC/C=C\CCCCCCCCOCC(COP(=O)(O)OCC(O)CO)OC(=O)CCCCCCCCCCC/C=C\CCCCCCCC. The molecule has 0 aromatic carbocycles. The van der Waals surface area contributed by atoms with Crippen LogP contribution in [0.4, 0.5) is 0 Å². The van der Waals surface area contributed by atoms with E-state index in [1.807, 2.05) is 0 Å². The lowest BCUT2D eigenvalue weighted by Gasteiger charge is -2.20. The minimum absolute atomic E-state index is 0.0469. The number of allylic oxidation sites excluding steroid dienone is 4. The van der Waals surface area contributed by atoms with E-state index in [1.54, 1.807) is 0 Å². The monoisotopic (exact) mass is 789 g/mol. The van der Waals surface area contributed by atoms with E-state index in [0.717, 1.165) is 44.9 Å². The molecule has 0 aliphatic heterocycles. The number of phosphoric ester groups is 1. The zero-order chi connectivity index (χ0) is 39.6. The third-order valence-electron chi connectivity index (χ3n) is 9.61. The van der Waals surface area contributed by atoms with Gasteiger partial charge in [-0.15, -0.1) is 0 Å². The van der Waals surface area contributed by atoms with Crippen LogP contribution in [0.3, 0.4) is 0 Å². The summed E-state index contributed by atoms with van der Waals surface area (Å²) in [4.78, 5) is 22.6. The second-order valence-electron chi connectivity index (χ2n) is 15.1. The Bertz CT molecular complexity index is 897. The Morgan fingerprint density at radius 2 is 0.944 bits per heavy atom. The maximum atomic E-state index is 12.6. The predicted octanol–water partition coefficient (Wildman–Crippen LogP) is 12.3. The third-order valence-corrected chi connectivity index (χ3v) is 10.6. The lowest BCUT2D eigenvalue weighted by molar-refractivity contribution is -0.154. The highest BCUT2D eigenvalue weighted by Crippen LogP contribution is 2.43. The van der Waals surface area contributed by atoms with E-state index in [-0.39, 0.29) is 25.6 Å². The van der Waals surface area contributed by atoms with Crippen LogP contribution in [0.1, 0.15) is 206 Å². The molecule has 0 spiro atoms. The molecule has 0 radical (unpaired) electrons. The summed E-state index contributed by atoms with van der Waals surface area (Å²) in [7, 11) is -4.52. The largest absolute Gasteiger partial charge is 0.472 e. The topological polar surface area (TPSA) is 132 Å². The average molecular weight is 789 g/mol. The molecule has 0 aromatic heterocycles. The van der Waals surface area contributed by atoms with E-state index in [4.69, 9.17) is 23.6 Å². The van der Waals surface area contributed by atoms with Gasteiger partial charge in [0.1, 0.15) is 12.2 Å². The van der Waals surface area contributed by atoms with Gasteiger partial charge in [0, 0.05) is 13.0 Å². The molecule has 0 bridgehead atoms. The van der Waals surface area contributed by atoms with E-state index in [1.165, 1.54) is 141 Å². The zero-order valence-electron chi connectivity index (χ0n) is 35.0. The summed E-state index contributed by atoms with van der Waals surface area (Å²) in [6.45, 7) is 3.51. The number of esters is 1. The lowest BCUT2D eigenvalue weighted by atomic mass is 10.1. The maximum absolute atomic E-state index is 12.6.